The molecule has 2 aliphatic heterocycles. The molecule has 2 heterocycles. The quantitative estimate of drug-likeness (QED) is 0.654. The molecule has 0 aromatic rings. The van der Waals surface area contributed by atoms with Crippen LogP contribution in [0.25, 0.3) is 0 Å². The highest BCUT2D eigenvalue weighted by Crippen LogP contribution is 2.27. The van der Waals surface area contributed by atoms with Crippen LogP contribution < -0.4 is 5.32 Å². The van der Waals surface area contributed by atoms with Gasteiger partial charge in [0.25, 0.3) is 5.91 Å². The summed E-state index contributed by atoms with van der Waals surface area (Å²) in [5.74, 6) is -0.114. The Bertz CT molecular complexity index is 484. The van der Waals surface area contributed by atoms with Crippen molar-refractivity contribution in [1.82, 2.24) is 10.2 Å². The molecule has 0 saturated carbocycles. The normalized spacial score (nSPS) is 31.2. The Kier molecular flexibility index (Phi) is 1.80. The number of carbonyl (C=O) groups is 1. The minimum Gasteiger partial charge on any atom is -0.362 e. The summed E-state index contributed by atoms with van der Waals surface area (Å²) in [5.41, 5.74) is 3.12. The Morgan fingerprint density at radius 3 is 3.00 bits per heavy atom. The Morgan fingerprint density at radius 1 is 1.38 bits per heavy atom. The minimum atomic E-state index is -0.315. The predicted molar refractivity (Wildman–Crippen MR) is 61.6 cm³/mol. The van der Waals surface area contributed by atoms with Gasteiger partial charge in [-0.3, -0.25) is 4.79 Å². The molecule has 0 saturated heterocycles. The zero-order valence-electron chi connectivity index (χ0n) is 9.27. The molecule has 1 amide bonds. The molecule has 2 atom stereocenters. The van der Waals surface area contributed by atoms with Crippen LogP contribution in [0.2, 0.25) is 0 Å². The number of nitrogens with one attached hydrogen (secondary N) is 1. The number of aliphatic imine (C=N–C) groups is 1. The van der Waals surface area contributed by atoms with E-state index in [1.165, 1.54) is 5.57 Å². The van der Waals surface area contributed by atoms with Crippen molar-refractivity contribution in [1.29, 1.82) is 0 Å². The van der Waals surface area contributed by atoms with Gasteiger partial charge in [0.05, 0.1) is 11.8 Å². The number of hydrogen-bond donors (Lipinski definition) is 1. The van der Waals surface area contributed by atoms with Gasteiger partial charge in [-0.1, -0.05) is 17.7 Å². The van der Waals surface area contributed by atoms with Crippen LogP contribution in [0.4, 0.5) is 0 Å². The number of hydrogen-bond acceptors (Lipinski definition) is 3. The SMILES string of the molecule is CC1=CC2C(=NC(=O)C3NC=C(C)N23)C=C1. The zero-order valence-corrected chi connectivity index (χ0v) is 9.27. The third-order valence-electron chi connectivity index (χ3n) is 3.15. The number of amides is 1. The van der Waals surface area contributed by atoms with Gasteiger partial charge in [0.2, 0.25) is 0 Å². The fourth-order valence-corrected chi connectivity index (χ4v) is 2.35. The lowest BCUT2D eigenvalue weighted by atomic mass is 9.97. The second-order valence-corrected chi connectivity index (χ2v) is 4.33. The molecule has 0 radical (unpaired) electrons. The van der Waals surface area contributed by atoms with Gasteiger partial charge in [-0.25, -0.2) is 4.99 Å². The first kappa shape index (κ1) is 9.39. The van der Waals surface area contributed by atoms with E-state index < -0.39 is 0 Å². The second kappa shape index (κ2) is 3.07. The van der Waals surface area contributed by atoms with Crippen LogP contribution >= 0.6 is 0 Å². The molecule has 82 valence electrons. The molecule has 1 N–H and O–H groups in total. The van der Waals surface area contributed by atoms with Crippen LogP contribution in [0, 0.1) is 0 Å². The smallest absolute Gasteiger partial charge is 0.289 e. The maximum atomic E-state index is 11.8. The standard InChI is InChI=1S/C12H13N3O/c1-7-3-4-9-10(5-7)15-8(2)6-13-11(15)12(16)14-9/h3-6,10-11,13H,1-2H3. The van der Waals surface area contributed by atoms with Gasteiger partial charge in [-0.05, 0) is 19.9 Å². The summed E-state index contributed by atoms with van der Waals surface area (Å²) in [6.07, 6.45) is 7.63. The van der Waals surface area contributed by atoms with Gasteiger partial charge < -0.3 is 10.2 Å². The third-order valence-corrected chi connectivity index (χ3v) is 3.15. The molecule has 4 heteroatoms. The first-order valence-corrected chi connectivity index (χ1v) is 5.37. The van der Waals surface area contributed by atoms with E-state index in [1.807, 2.05) is 25.3 Å². The van der Waals surface area contributed by atoms with Gasteiger partial charge in [-0.15, -0.1) is 0 Å². The molecular weight excluding hydrogens is 202 g/mol. The first-order valence-electron chi connectivity index (χ1n) is 5.37. The highest BCUT2D eigenvalue weighted by atomic mass is 16.2. The van der Waals surface area contributed by atoms with E-state index in [1.54, 1.807) is 0 Å². The van der Waals surface area contributed by atoms with E-state index >= 15 is 0 Å². The zero-order chi connectivity index (χ0) is 11.3. The number of allylic oxidation sites excluding steroid dienone is 3. The second-order valence-electron chi connectivity index (χ2n) is 4.33. The molecule has 0 spiro atoms. The average Bonchev–Trinajstić information content (AvgIpc) is 2.63. The highest BCUT2D eigenvalue weighted by Gasteiger charge is 2.40. The molecule has 4 nitrogen and oxygen atoms in total. The minimum absolute atomic E-state index is 0.0962. The van der Waals surface area contributed by atoms with Crippen molar-refractivity contribution in [3.8, 4) is 0 Å². The number of rotatable bonds is 0. The summed E-state index contributed by atoms with van der Waals surface area (Å²) in [7, 11) is 0. The fraction of sp³-hybridized carbons (Fsp3) is 0.333. The predicted octanol–water partition coefficient (Wildman–Crippen LogP) is 0.945. The van der Waals surface area contributed by atoms with Crippen LogP contribution in [-0.4, -0.2) is 28.7 Å². The molecule has 0 aromatic heterocycles. The Balaban J connectivity index is 2.09. The molecular formula is C12H13N3O. The van der Waals surface area contributed by atoms with Crippen molar-refractivity contribution < 1.29 is 4.79 Å². The lowest BCUT2D eigenvalue weighted by Gasteiger charge is -2.37. The maximum Gasteiger partial charge on any atom is 0.289 e. The van der Waals surface area contributed by atoms with E-state index in [4.69, 9.17) is 0 Å². The van der Waals surface area contributed by atoms with Gasteiger partial charge in [0, 0.05) is 11.9 Å². The van der Waals surface area contributed by atoms with E-state index in [-0.39, 0.29) is 18.1 Å². The maximum absolute atomic E-state index is 11.8. The van der Waals surface area contributed by atoms with Crippen molar-refractivity contribution in [2.24, 2.45) is 4.99 Å². The molecule has 16 heavy (non-hydrogen) atoms. The van der Waals surface area contributed by atoms with E-state index in [0.717, 1.165) is 11.4 Å². The molecule has 2 unspecified atom stereocenters. The Hall–Kier alpha value is -1.84. The summed E-state index contributed by atoms with van der Waals surface area (Å²) in [6.45, 7) is 4.06. The van der Waals surface area contributed by atoms with Crippen LogP contribution in [0.15, 0.2) is 40.7 Å². The summed E-state index contributed by atoms with van der Waals surface area (Å²) in [6, 6.07) is 0.0962. The number of carbonyl (C=O) groups excluding carboxylic acids is 1. The van der Waals surface area contributed by atoms with E-state index in [9.17, 15) is 4.79 Å². The van der Waals surface area contributed by atoms with Gasteiger partial charge in [-0.2, -0.15) is 0 Å². The average molecular weight is 215 g/mol. The fourth-order valence-electron chi connectivity index (χ4n) is 2.35. The largest absolute Gasteiger partial charge is 0.362 e. The Labute approximate surface area is 94.0 Å². The topological polar surface area (TPSA) is 44.7 Å². The molecule has 3 aliphatic rings. The van der Waals surface area contributed by atoms with Crippen molar-refractivity contribution in [3.63, 3.8) is 0 Å². The monoisotopic (exact) mass is 215 g/mol. The van der Waals surface area contributed by atoms with Gasteiger partial charge >= 0.3 is 0 Å². The van der Waals surface area contributed by atoms with Crippen molar-refractivity contribution in [2.75, 3.05) is 0 Å². The highest BCUT2D eigenvalue weighted by molar-refractivity contribution is 6.11. The van der Waals surface area contributed by atoms with Crippen molar-refractivity contribution >= 4 is 11.6 Å². The third kappa shape index (κ3) is 1.16. The van der Waals surface area contributed by atoms with Crippen LogP contribution in [0.3, 0.4) is 0 Å². The summed E-state index contributed by atoms with van der Waals surface area (Å²) in [4.78, 5) is 18.0. The summed E-state index contributed by atoms with van der Waals surface area (Å²) < 4.78 is 0. The van der Waals surface area contributed by atoms with Crippen LogP contribution in [-0.2, 0) is 4.79 Å². The molecule has 0 fully saturated rings. The number of nitrogens with zero attached hydrogens (tertiary/aromatic N) is 2. The number of fused-ring (bicyclic) bond motifs is 3. The van der Waals surface area contributed by atoms with Crippen molar-refractivity contribution in [3.05, 3.63) is 35.7 Å². The molecule has 0 aromatic carbocycles. The Morgan fingerprint density at radius 2 is 2.19 bits per heavy atom. The summed E-state index contributed by atoms with van der Waals surface area (Å²) >= 11 is 0. The molecule has 0 bridgehead atoms. The lowest BCUT2D eigenvalue weighted by molar-refractivity contribution is -0.123. The van der Waals surface area contributed by atoms with E-state index in [2.05, 4.69) is 28.2 Å². The van der Waals surface area contributed by atoms with Crippen molar-refractivity contribution in [2.45, 2.75) is 26.1 Å². The molecule has 3 rings (SSSR count). The van der Waals surface area contributed by atoms with Crippen LogP contribution in [0.5, 0.6) is 0 Å². The van der Waals surface area contributed by atoms with Gasteiger partial charge in [0.1, 0.15) is 0 Å². The van der Waals surface area contributed by atoms with Gasteiger partial charge in [0.15, 0.2) is 6.17 Å². The summed E-state index contributed by atoms with van der Waals surface area (Å²) in [5, 5.41) is 3.06. The molecule has 1 aliphatic carbocycles. The van der Waals surface area contributed by atoms with Crippen LogP contribution in [0.1, 0.15) is 13.8 Å². The first-order chi connectivity index (χ1) is 7.66. The van der Waals surface area contributed by atoms with E-state index in [0.29, 0.717) is 0 Å². The lowest BCUT2D eigenvalue weighted by Crippen LogP contribution is -2.54.